The number of aromatic nitrogens is 3. The monoisotopic (exact) mass is 362 g/mol. The summed E-state index contributed by atoms with van der Waals surface area (Å²) in [7, 11) is 0. The lowest BCUT2D eigenvalue weighted by Crippen LogP contribution is -2.27. The van der Waals surface area contributed by atoms with Crippen molar-refractivity contribution in [3.8, 4) is 17.1 Å². The molecule has 0 saturated carbocycles. The quantitative estimate of drug-likeness (QED) is 0.693. The summed E-state index contributed by atoms with van der Waals surface area (Å²) >= 11 is 1.44. The van der Waals surface area contributed by atoms with Crippen molar-refractivity contribution in [3.63, 3.8) is 0 Å². The Kier molecular flexibility index (Phi) is 4.58. The van der Waals surface area contributed by atoms with E-state index in [4.69, 9.17) is 4.74 Å². The second-order valence-corrected chi connectivity index (χ2v) is 6.71. The lowest BCUT2D eigenvalue weighted by molar-refractivity contribution is 0.255. The average molecular weight is 362 g/mol. The van der Waals surface area contributed by atoms with Gasteiger partial charge in [-0.15, -0.1) is 10.2 Å². The van der Waals surface area contributed by atoms with Crippen molar-refractivity contribution in [2.45, 2.75) is 18.3 Å². The number of hydrogen-bond acceptors (Lipinski definition) is 6. The summed E-state index contributed by atoms with van der Waals surface area (Å²) in [6.45, 7) is 2.04. The van der Waals surface area contributed by atoms with E-state index in [1.54, 1.807) is 0 Å². The summed E-state index contributed by atoms with van der Waals surface area (Å²) in [4.78, 5) is 4.53. The van der Waals surface area contributed by atoms with Crippen LogP contribution in [0.5, 0.6) is 5.88 Å². The van der Waals surface area contributed by atoms with E-state index in [-0.39, 0.29) is 6.23 Å². The van der Waals surface area contributed by atoms with Gasteiger partial charge in [0.2, 0.25) is 11.0 Å². The third-order valence-corrected chi connectivity index (χ3v) is 4.66. The molecule has 0 spiro atoms. The van der Waals surface area contributed by atoms with Crippen LogP contribution < -0.4 is 10.1 Å². The second-order valence-electron chi connectivity index (χ2n) is 5.94. The normalized spacial score (nSPS) is 15.9. The van der Waals surface area contributed by atoms with Gasteiger partial charge < -0.3 is 10.1 Å². The van der Waals surface area contributed by atoms with Crippen molar-refractivity contribution in [1.29, 1.82) is 0 Å². The van der Waals surface area contributed by atoms with Crippen LogP contribution in [0.3, 0.4) is 0 Å². The molecule has 3 aromatic rings. The van der Waals surface area contributed by atoms with Crippen molar-refractivity contribution in [2.24, 2.45) is 0 Å². The molecule has 26 heavy (non-hydrogen) atoms. The Morgan fingerprint density at radius 3 is 2.65 bits per heavy atom. The van der Waals surface area contributed by atoms with Gasteiger partial charge in [-0.05, 0) is 30.4 Å². The van der Waals surface area contributed by atoms with Gasteiger partial charge in [-0.3, -0.25) is 0 Å². The average Bonchev–Trinajstić information content (AvgIpc) is 2.85. The third kappa shape index (κ3) is 3.28. The molecule has 0 fully saturated rings. The van der Waals surface area contributed by atoms with Crippen molar-refractivity contribution in [3.05, 3.63) is 65.7 Å². The topological polar surface area (TPSA) is 59.9 Å². The summed E-state index contributed by atoms with van der Waals surface area (Å²) in [5.41, 5.74) is 4.71. The van der Waals surface area contributed by atoms with Crippen LogP contribution >= 0.6 is 11.8 Å². The maximum atomic E-state index is 6.21. The molecule has 4 rings (SSSR count). The Balaban J connectivity index is 1.78. The number of ether oxygens (including phenoxy) is 1. The van der Waals surface area contributed by atoms with Gasteiger partial charge in [0.15, 0.2) is 11.9 Å². The number of benzene rings is 2. The molecule has 1 unspecified atom stereocenters. The minimum Gasteiger partial charge on any atom is -0.448 e. The number of rotatable bonds is 3. The molecule has 5 nitrogen and oxygen atoms in total. The zero-order valence-electron chi connectivity index (χ0n) is 14.5. The minimum absolute atomic E-state index is 0.344. The molecule has 2 aromatic carbocycles. The largest absolute Gasteiger partial charge is 0.448 e. The van der Waals surface area contributed by atoms with Crippen LogP contribution in [-0.4, -0.2) is 27.7 Å². The zero-order chi connectivity index (χ0) is 17.9. The van der Waals surface area contributed by atoms with Gasteiger partial charge in [0.25, 0.3) is 0 Å². The zero-order valence-corrected chi connectivity index (χ0v) is 15.3. The minimum atomic E-state index is -0.344. The lowest BCUT2D eigenvalue weighted by atomic mass is 10.1. The molecule has 0 bridgehead atoms. The molecule has 0 amide bonds. The maximum Gasteiger partial charge on any atom is 0.247 e. The molecule has 1 aliphatic heterocycles. The molecule has 0 aliphatic carbocycles. The van der Waals surface area contributed by atoms with E-state index in [1.807, 2.05) is 55.6 Å². The molecule has 0 saturated heterocycles. The molecular formula is C20H18N4OS. The fourth-order valence-electron chi connectivity index (χ4n) is 2.83. The number of nitrogens with zero attached hydrogens (tertiary/aromatic N) is 3. The second kappa shape index (κ2) is 7.17. The Morgan fingerprint density at radius 1 is 1.08 bits per heavy atom. The number of anilines is 1. The Morgan fingerprint density at radius 2 is 1.85 bits per heavy atom. The SMILES string of the molecule is CSc1nnc2c(n1)OC(C(C)=Cc1ccccc1)Nc1ccccc1-2. The third-order valence-electron chi connectivity index (χ3n) is 4.12. The van der Waals surface area contributed by atoms with Gasteiger partial charge in [-0.1, -0.05) is 66.4 Å². The van der Waals surface area contributed by atoms with Gasteiger partial charge in [0.05, 0.1) is 0 Å². The smallest absolute Gasteiger partial charge is 0.247 e. The number of para-hydroxylation sites is 1. The molecule has 130 valence electrons. The van der Waals surface area contributed by atoms with Crippen molar-refractivity contribution < 1.29 is 4.74 Å². The molecule has 0 radical (unpaired) electrons. The van der Waals surface area contributed by atoms with Gasteiger partial charge in [0, 0.05) is 11.3 Å². The summed E-state index contributed by atoms with van der Waals surface area (Å²) in [6.07, 6.45) is 3.68. The fourth-order valence-corrected chi connectivity index (χ4v) is 3.12. The molecule has 2 heterocycles. The van der Waals surface area contributed by atoms with Crippen LogP contribution in [-0.2, 0) is 0 Å². The molecule has 6 heteroatoms. The predicted molar refractivity (Wildman–Crippen MR) is 105 cm³/mol. The maximum absolute atomic E-state index is 6.21. The first kappa shape index (κ1) is 16.6. The van der Waals surface area contributed by atoms with E-state index in [2.05, 4.69) is 38.7 Å². The van der Waals surface area contributed by atoms with E-state index in [0.717, 1.165) is 22.4 Å². The first-order valence-electron chi connectivity index (χ1n) is 8.29. The highest BCUT2D eigenvalue weighted by atomic mass is 32.2. The standard InChI is InChI=1S/C20H18N4OS/c1-13(12-14-8-4-3-5-9-14)18-21-16-11-7-6-10-15(16)17-19(25-18)22-20(26-2)24-23-17/h3-12,18,21H,1-2H3. The molecule has 1 aromatic heterocycles. The summed E-state index contributed by atoms with van der Waals surface area (Å²) < 4.78 is 6.21. The first-order chi connectivity index (χ1) is 12.7. The van der Waals surface area contributed by atoms with Crippen LogP contribution in [0.15, 0.2) is 65.3 Å². The Hall–Kier alpha value is -2.86. The van der Waals surface area contributed by atoms with E-state index < -0.39 is 0 Å². The molecule has 1 atom stereocenters. The summed E-state index contributed by atoms with van der Waals surface area (Å²) in [5.74, 6) is 0.493. The highest BCUT2D eigenvalue weighted by Gasteiger charge is 2.25. The van der Waals surface area contributed by atoms with Crippen molar-refractivity contribution in [2.75, 3.05) is 11.6 Å². The Bertz CT molecular complexity index is 959. The fraction of sp³-hybridized carbons (Fsp3) is 0.150. The van der Waals surface area contributed by atoms with Crippen molar-refractivity contribution in [1.82, 2.24) is 15.2 Å². The van der Waals surface area contributed by atoms with Gasteiger partial charge in [0.1, 0.15) is 0 Å². The first-order valence-corrected chi connectivity index (χ1v) is 9.51. The van der Waals surface area contributed by atoms with Crippen LogP contribution in [0, 0.1) is 0 Å². The van der Waals surface area contributed by atoms with Crippen molar-refractivity contribution >= 4 is 23.5 Å². The van der Waals surface area contributed by atoms with Gasteiger partial charge >= 0.3 is 0 Å². The number of hydrogen-bond donors (Lipinski definition) is 1. The van der Waals surface area contributed by atoms with E-state index in [9.17, 15) is 0 Å². The van der Waals surface area contributed by atoms with E-state index in [1.165, 1.54) is 11.8 Å². The van der Waals surface area contributed by atoms with Crippen LogP contribution in [0.2, 0.25) is 0 Å². The van der Waals surface area contributed by atoms with Crippen LogP contribution in [0.25, 0.3) is 17.3 Å². The lowest BCUT2D eigenvalue weighted by Gasteiger charge is -2.19. The van der Waals surface area contributed by atoms with Gasteiger partial charge in [-0.2, -0.15) is 4.98 Å². The Labute approximate surface area is 156 Å². The molecular weight excluding hydrogens is 344 g/mol. The summed E-state index contributed by atoms with van der Waals surface area (Å²) in [6, 6.07) is 18.2. The number of thioether (sulfide) groups is 1. The highest BCUT2D eigenvalue weighted by molar-refractivity contribution is 7.98. The van der Waals surface area contributed by atoms with Crippen LogP contribution in [0.4, 0.5) is 5.69 Å². The molecule has 1 N–H and O–H groups in total. The summed E-state index contributed by atoms with van der Waals surface area (Å²) in [5, 5.41) is 12.6. The van der Waals surface area contributed by atoms with Crippen LogP contribution in [0.1, 0.15) is 12.5 Å². The van der Waals surface area contributed by atoms with E-state index in [0.29, 0.717) is 16.7 Å². The molecule has 1 aliphatic rings. The number of fused-ring (bicyclic) bond motifs is 3. The highest BCUT2D eigenvalue weighted by Crippen LogP contribution is 2.37. The number of nitrogens with one attached hydrogen (secondary N) is 1. The van der Waals surface area contributed by atoms with E-state index >= 15 is 0 Å². The van der Waals surface area contributed by atoms with Gasteiger partial charge in [-0.25, -0.2) is 0 Å². The predicted octanol–water partition coefficient (Wildman–Crippen LogP) is 4.49.